The van der Waals surface area contributed by atoms with Crippen LogP contribution in [-0.4, -0.2) is 33.5 Å². The lowest BCUT2D eigenvalue weighted by Gasteiger charge is -2.11. The number of hydrogen-bond acceptors (Lipinski definition) is 6. The van der Waals surface area contributed by atoms with Crippen LogP contribution in [0, 0.1) is 0 Å². The van der Waals surface area contributed by atoms with Gasteiger partial charge < -0.3 is 14.8 Å². The summed E-state index contributed by atoms with van der Waals surface area (Å²) < 4.78 is 13.0. The molecule has 0 radical (unpaired) electrons. The van der Waals surface area contributed by atoms with E-state index in [1.807, 2.05) is 41.0 Å². The Morgan fingerprint density at radius 1 is 1.19 bits per heavy atom. The molecule has 0 unspecified atom stereocenters. The summed E-state index contributed by atoms with van der Waals surface area (Å²) in [6, 6.07) is 15.3. The number of amides is 1. The Hall–Kier alpha value is -3.26. The summed E-state index contributed by atoms with van der Waals surface area (Å²) in [7, 11) is 1.57. The van der Waals surface area contributed by atoms with Crippen LogP contribution in [0.5, 0.6) is 11.5 Å². The van der Waals surface area contributed by atoms with Gasteiger partial charge in [-0.3, -0.25) is 9.36 Å². The van der Waals surface area contributed by atoms with Crippen molar-refractivity contribution in [1.82, 2.24) is 14.8 Å². The highest BCUT2D eigenvalue weighted by atomic mass is 32.2. The van der Waals surface area contributed by atoms with Gasteiger partial charge in [-0.15, -0.1) is 16.8 Å². The second-order valence-corrected chi connectivity index (χ2v) is 7.56. The minimum absolute atomic E-state index is 0.156. The zero-order valence-electron chi connectivity index (χ0n) is 17.7. The number of nitrogens with zero attached hydrogens (tertiary/aromatic N) is 3. The third-order valence-corrected chi connectivity index (χ3v) is 5.48. The first-order chi connectivity index (χ1) is 15.1. The van der Waals surface area contributed by atoms with Crippen molar-refractivity contribution >= 4 is 23.4 Å². The summed E-state index contributed by atoms with van der Waals surface area (Å²) in [6.45, 7) is 6.72. The number of thioether (sulfide) groups is 1. The van der Waals surface area contributed by atoms with Gasteiger partial charge in [0.1, 0.15) is 18.1 Å². The molecule has 0 atom stereocenters. The van der Waals surface area contributed by atoms with E-state index in [9.17, 15) is 4.79 Å². The largest absolute Gasteiger partial charge is 0.495 e. The first kappa shape index (κ1) is 22.4. The van der Waals surface area contributed by atoms with Gasteiger partial charge in [-0.2, -0.15) is 0 Å². The number of anilines is 1. The highest BCUT2D eigenvalue weighted by Gasteiger charge is 2.15. The van der Waals surface area contributed by atoms with Crippen LogP contribution in [0.4, 0.5) is 5.69 Å². The predicted octanol–water partition coefficient (Wildman–Crippen LogP) is 4.34. The van der Waals surface area contributed by atoms with Gasteiger partial charge in [0.2, 0.25) is 5.91 Å². The third-order valence-electron chi connectivity index (χ3n) is 4.52. The number of methoxy groups -OCH3 is 1. The lowest BCUT2D eigenvalue weighted by atomic mass is 10.2. The fourth-order valence-corrected chi connectivity index (χ4v) is 3.65. The zero-order valence-corrected chi connectivity index (χ0v) is 18.5. The maximum absolute atomic E-state index is 12.4. The van der Waals surface area contributed by atoms with Gasteiger partial charge in [-0.05, 0) is 36.2 Å². The van der Waals surface area contributed by atoms with E-state index in [-0.39, 0.29) is 18.3 Å². The molecule has 0 saturated carbocycles. The summed E-state index contributed by atoms with van der Waals surface area (Å²) in [5.74, 6) is 2.09. The van der Waals surface area contributed by atoms with Gasteiger partial charge in [0, 0.05) is 6.54 Å². The Morgan fingerprint density at radius 2 is 1.97 bits per heavy atom. The van der Waals surface area contributed by atoms with Crippen LogP contribution in [0.15, 0.2) is 66.3 Å². The van der Waals surface area contributed by atoms with Crippen molar-refractivity contribution in [3.05, 3.63) is 72.6 Å². The lowest BCUT2D eigenvalue weighted by molar-refractivity contribution is -0.113. The Bertz CT molecular complexity index is 1020. The van der Waals surface area contributed by atoms with Crippen molar-refractivity contribution in [2.45, 2.75) is 31.7 Å². The number of aromatic nitrogens is 3. The molecule has 0 fully saturated rings. The molecule has 0 saturated heterocycles. The van der Waals surface area contributed by atoms with E-state index in [2.05, 4.69) is 29.0 Å². The first-order valence-electron chi connectivity index (χ1n) is 9.95. The van der Waals surface area contributed by atoms with E-state index in [1.54, 1.807) is 25.3 Å². The molecule has 1 heterocycles. The van der Waals surface area contributed by atoms with Crippen molar-refractivity contribution < 1.29 is 14.3 Å². The fraction of sp³-hybridized carbons (Fsp3) is 0.261. The molecular formula is C23H26N4O3S. The molecule has 162 valence electrons. The number of para-hydroxylation sites is 2. The summed E-state index contributed by atoms with van der Waals surface area (Å²) in [5, 5.41) is 12.0. The monoisotopic (exact) mass is 438 g/mol. The number of carbonyl (C=O) groups excluding carboxylic acids is 1. The Kier molecular flexibility index (Phi) is 8.12. The molecule has 7 nitrogen and oxygen atoms in total. The Balaban J connectivity index is 1.61. The van der Waals surface area contributed by atoms with Crippen molar-refractivity contribution in [3.63, 3.8) is 0 Å². The highest BCUT2D eigenvalue weighted by molar-refractivity contribution is 7.99. The number of aryl methyl sites for hydroxylation is 1. The lowest BCUT2D eigenvalue weighted by Crippen LogP contribution is -2.15. The van der Waals surface area contributed by atoms with E-state index in [0.717, 1.165) is 12.2 Å². The summed E-state index contributed by atoms with van der Waals surface area (Å²) in [4.78, 5) is 12.4. The van der Waals surface area contributed by atoms with E-state index in [4.69, 9.17) is 9.47 Å². The van der Waals surface area contributed by atoms with Crippen LogP contribution >= 0.6 is 11.8 Å². The van der Waals surface area contributed by atoms with Crippen LogP contribution in [0.25, 0.3) is 0 Å². The second-order valence-electron chi connectivity index (χ2n) is 6.62. The van der Waals surface area contributed by atoms with Crippen LogP contribution in [-0.2, 0) is 24.4 Å². The Morgan fingerprint density at radius 3 is 2.68 bits per heavy atom. The molecule has 0 aliphatic rings. The molecule has 1 aromatic heterocycles. The molecule has 0 aliphatic carbocycles. The van der Waals surface area contributed by atoms with Crippen LogP contribution in [0.3, 0.4) is 0 Å². The van der Waals surface area contributed by atoms with Crippen molar-refractivity contribution in [2.75, 3.05) is 18.2 Å². The molecule has 0 spiro atoms. The van der Waals surface area contributed by atoms with Crippen molar-refractivity contribution in [3.8, 4) is 11.5 Å². The van der Waals surface area contributed by atoms with E-state index < -0.39 is 0 Å². The SMILES string of the molecule is C=CCn1c(COc2ccc(CC)cc2)nnc1SCC(=O)Nc1ccccc1OC. The van der Waals surface area contributed by atoms with E-state index in [1.165, 1.54) is 17.3 Å². The number of rotatable bonds is 11. The maximum Gasteiger partial charge on any atom is 0.234 e. The number of hydrogen-bond donors (Lipinski definition) is 1. The van der Waals surface area contributed by atoms with E-state index in [0.29, 0.717) is 29.0 Å². The van der Waals surface area contributed by atoms with Gasteiger partial charge in [-0.25, -0.2) is 0 Å². The fourth-order valence-electron chi connectivity index (χ4n) is 2.88. The second kappa shape index (κ2) is 11.2. The summed E-state index contributed by atoms with van der Waals surface area (Å²) in [6.07, 6.45) is 2.75. The maximum atomic E-state index is 12.4. The van der Waals surface area contributed by atoms with Crippen LogP contribution in [0.2, 0.25) is 0 Å². The first-order valence-corrected chi connectivity index (χ1v) is 10.9. The molecule has 3 rings (SSSR count). The average molecular weight is 439 g/mol. The van der Waals surface area contributed by atoms with Crippen LogP contribution < -0.4 is 14.8 Å². The number of allylic oxidation sites excluding steroid dienone is 1. The molecule has 8 heteroatoms. The number of carbonyl (C=O) groups is 1. The number of benzene rings is 2. The zero-order chi connectivity index (χ0) is 22.1. The molecule has 0 bridgehead atoms. The van der Waals surface area contributed by atoms with Gasteiger partial charge in [-0.1, -0.05) is 49.0 Å². The average Bonchev–Trinajstić information content (AvgIpc) is 3.18. The summed E-state index contributed by atoms with van der Waals surface area (Å²) >= 11 is 1.31. The van der Waals surface area contributed by atoms with Gasteiger partial charge >= 0.3 is 0 Å². The highest BCUT2D eigenvalue weighted by Crippen LogP contribution is 2.24. The quantitative estimate of drug-likeness (QED) is 0.354. The predicted molar refractivity (Wildman–Crippen MR) is 123 cm³/mol. The number of nitrogens with one attached hydrogen (secondary N) is 1. The van der Waals surface area contributed by atoms with Gasteiger partial charge in [0.15, 0.2) is 11.0 Å². The van der Waals surface area contributed by atoms with Gasteiger partial charge in [0.05, 0.1) is 18.6 Å². The van der Waals surface area contributed by atoms with Crippen LogP contribution in [0.1, 0.15) is 18.3 Å². The molecule has 3 aromatic rings. The summed E-state index contributed by atoms with van der Waals surface area (Å²) in [5.41, 5.74) is 1.89. The molecule has 1 amide bonds. The molecule has 1 N–H and O–H groups in total. The number of ether oxygens (including phenoxy) is 2. The topological polar surface area (TPSA) is 78.3 Å². The van der Waals surface area contributed by atoms with Crippen molar-refractivity contribution in [1.29, 1.82) is 0 Å². The van der Waals surface area contributed by atoms with Crippen molar-refractivity contribution in [2.24, 2.45) is 0 Å². The molecule has 2 aromatic carbocycles. The Labute approximate surface area is 186 Å². The van der Waals surface area contributed by atoms with Gasteiger partial charge in [0.25, 0.3) is 0 Å². The standard InChI is InChI=1S/C23H26N4O3S/c1-4-14-27-21(15-30-18-12-10-17(5-2)11-13-18)25-26-23(27)31-16-22(28)24-19-8-6-7-9-20(19)29-3/h4,6-13H,1,5,14-16H2,2-3H3,(H,24,28). The molecular weight excluding hydrogens is 412 g/mol. The van der Waals surface area contributed by atoms with E-state index >= 15 is 0 Å². The third kappa shape index (κ3) is 6.11. The normalized spacial score (nSPS) is 10.5. The molecule has 31 heavy (non-hydrogen) atoms. The minimum Gasteiger partial charge on any atom is -0.495 e. The minimum atomic E-state index is -0.156. The molecule has 0 aliphatic heterocycles. The smallest absolute Gasteiger partial charge is 0.234 e.